The molecule has 0 bridgehead atoms. The maximum absolute atomic E-state index is 8.79. The Balaban J connectivity index is 2.25. The van der Waals surface area contributed by atoms with Crippen LogP contribution in [0.1, 0.15) is 51.5 Å². The monoisotopic (exact) mass is 260 g/mol. The Morgan fingerprint density at radius 3 is 2.42 bits per heavy atom. The standard InChI is InChI=1S/C16H24N2O/c1-13(2)14-6-8-15(9-7-14)19-11-5-4-10-16(3,18)12-17/h6-9,13H,4-5,10-11,18H2,1-3H3. The van der Waals surface area contributed by atoms with Gasteiger partial charge in [0, 0.05) is 0 Å². The molecule has 0 amide bonds. The SMILES string of the molecule is CC(C)c1ccc(OCCCCC(C)(N)C#N)cc1. The molecule has 1 rings (SSSR count). The number of benzene rings is 1. The topological polar surface area (TPSA) is 59.0 Å². The summed E-state index contributed by atoms with van der Waals surface area (Å²) in [5.41, 5.74) is 6.36. The van der Waals surface area contributed by atoms with Crippen molar-refractivity contribution in [2.24, 2.45) is 5.73 Å². The van der Waals surface area contributed by atoms with Gasteiger partial charge >= 0.3 is 0 Å². The van der Waals surface area contributed by atoms with Crippen LogP contribution in [0.4, 0.5) is 0 Å². The summed E-state index contributed by atoms with van der Waals surface area (Å²) in [6.45, 7) is 6.78. The lowest BCUT2D eigenvalue weighted by atomic mass is 9.98. The molecule has 3 nitrogen and oxygen atoms in total. The minimum atomic E-state index is -0.709. The Kier molecular flexibility index (Phi) is 5.85. The molecule has 0 aromatic heterocycles. The zero-order valence-electron chi connectivity index (χ0n) is 12.1. The van der Waals surface area contributed by atoms with Crippen molar-refractivity contribution in [1.82, 2.24) is 0 Å². The lowest BCUT2D eigenvalue weighted by molar-refractivity contribution is 0.300. The second-order valence-corrected chi connectivity index (χ2v) is 5.56. The first kappa shape index (κ1) is 15.5. The Labute approximate surface area is 116 Å². The van der Waals surface area contributed by atoms with Crippen LogP contribution in [0.15, 0.2) is 24.3 Å². The van der Waals surface area contributed by atoms with E-state index in [2.05, 4.69) is 32.0 Å². The van der Waals surface area contributed by atoms with Crippen LogP contribution in [0.5, 0.6) is 5.75 Å². The normalized spacial score (nSPS) is 13.9. The Morgan fingerprint density at radius 1 is 1.26 bits per heavy atom. The van der Waals surface area contributed by atoms with Crippen LogP contribution in [0, 0.1) is 11.3 Å². The zero-order chi connectivity index (χ0) is 14.3. The van der Waals surface area contributed by atoms with Crippen molar-refractivity contribution < 1.29 is 4.74 Å². The van der Waals surface area contributed by atoms with Crippen LogP contribution < -0.4 is 10.5 Å². The molecule has 19 heavy (non-hydrogen) atoms. The molecule has 1 unspecified atom stereocenters. The van der Waals surface area contributed by atoms with Crippen molar-refractivity contribution in [3.05, 3.63) is 29.8 Å². The summed E-state index contributed by atoms with van der Waals surface area (Å²) >= 11 is 0. The smallest absolute Gasteiger partial charge is 0.119 e. The molecule has 1 aromatic carbocycles. The van der Waals surface area contributed by atoms with E-state index in [0.717, 1.165) is 18.6 Å². The molecule has 1 atom stereocenters. The highest BCUT2D eigenvalue weighted by molar-refractivity contribution is 5.28. The molecule has 0 fully saturated rings. The summed E-state index contributed by atoms with van der Waals surface area (Å²) in [4.78, 5) is 0. The predicted octanol–water partition coefficient (Wildman–Crippen LogP) is 3.60. The quantitative estimate of drug-likeness (QED) is 0.762. The average Bonchev–Trinajstić information content (AvgIpc) is 2.39. The summed E-state index contributed by atoms with van der Waals surface area (Å²) in [5.74, 6) is 1.45. The number of unbranched alkanes of at least 4 members (excludes halogenated alkanes) is 1. The fraction of sp³-hybridized carbons (Fsp3) is 0.562. The average molecular weight is 260 g/mol. The first-order valence-corrected chi connectivity index (χ1v) is 6.87. The van der Waals surface area contributed by atoms with Crippen LogP contribution >= 0.6 is 0 Å². The van der Waals surface area contributed by atoms with Crippen molar-refractivity contribution in [3.8, 4) is 11.8 Å². The molecule has 0 aliphatic rings. The molecule has 1 aromatic rings. The summed E-state index contributed by atoms with van der Waals surface area (Å²) in [7, 11) is 0. The van der Waals surface area contributed by atoms with Crippen LogP contribution in [-0.2, 0) is 0 Å². The van der Waals surface area contributed by atoms with Crippen LogP contribution in [0.2, 0.25) is 0 Å². The summed E-state index contributed by atoms with van der Waals surface area (Å²) in [5, 5.41) is 8.79. The second kappa shape index (κ2) is 7.16. The van der Waals surface area contributed by atoms with Gasteiger partial charge in [0.15, 0.2) is 0 Å². The maximum atomic E-state index is 8.79. The first-order chi connectivity index (χ1) is 8.94. The van der Waals surface area contributed by atoms with Crippen LogP contribution in [0.25, 0.3) is 0 Å². The summed E-state index contributed by atoms with van der Waals surface area (Å²) in [6.07, 6.45) is 2.53. The molecule has 0 heterocycles. The highest BCUT2D eigenvalue weighted by Crippen LogP contribution is 2.19. The third-order valence-corrected chi connectivity index (χ3v) is 3.16. The van der Waals surface area contributed by atoms with Gasteiger partial charge in [0.2, 0.25) is 0 Å². The van der Waals surface area contributed by atoms with Gasteiger partial charge in [-0.1, -0.05) is 26.0 Å². The van der Waals surface area contributed by atoms with Crippen molar-refractivity contribution >= 4 is 0 Å². The molecule has 0 spiro atoms. The van der Waals surface area contributed by atoms with Crippen molar-refractivity contribution in [2.45, 2.75) is 51.5 Å². The van der Waals surface area contributed by atoms with Gasteiger partial charge in [-0.2, -0.15) is 5.26 Å². The molecule has 2 N–H and O–H groups in total. The fourth-order valence-electron chi connectivity index (χ4n) is 1.79. The third kappa shape index (κ3) is 5.76. The molecule has 3 heteroatoms. The van der Waals surface area contributed by atoms with E-state index in [1.807, 2.05) is 12.1 Å². The van der Waals surface area contributed by atoms with Crippen LogP contribution in [0.3, 0.4) is 0 Å². The molecular formula is C16H24N2O. The van der Waals surface area contributed by atoms with E-state index in [1.165, 1.54) is 5.56 Å². The van der Waals surface area contributed by atoms with E-state index in [4.69, 9.17) is 15.7 Å². The molecule has 0 radical (unpaired) electrons. The van der Waals surface area contributed by atoms with Gasteiger partial charge in [0.05, 0.1) is 12.7 Å². The summed E-state index contributed by atoms with van der Waals surface area (Å²) in [6, 6.07) is 10.3. The van der Waals surface area contributed by atoms with Gasteiger partial charge in [0.1, 0.15) is 11.3 Å². The van der Waals surface area contributed by atoms with Gasteiger partial charge in [-0.25, -0.2) is 0 Å². The highest BCUT2D eigenvalue weighted by Gasteiger charge is 2.15. The van der Waals surface area contributed by atoms with Crippen molar-refractivity contribution in [3.63, 3.8) is 0 Å². The maximum Gasteiger partial charge on any atom is 0.119 e. The molecular weight excluding hydrogens is 236 g/mol. The van der Waals surface area contributed by atoms with Gasteiger partial charge in [-0.15, -0.1) is 0 Å². The zero-order valence-corrected chi connectivity index (χ0v) is 12.1. The fourth-order valence-corrected chi connectivity index (χ4v) is 1.79. The third-order valence-electron chi connectivity index (χ3n) is 3.16. The number of rotatable bonds is 7. The van der Waals surface area contributed by atoms with E-state index >= 15 is 0 Å². The second-order valence-electron chi connectivity index (χ2n) is 5.56. The Hall–Kier alpha value is -1.53. The van der Waals surface area contributed by atoms with Gasteiger partial charge < -0.3 is 10.5 Å². The van der Waals surface area contributed by atoms with Crippen molar-refractivity contribution in [1.29, 1.82) is 5.26 Å². The highest BCUT2D eigenvalue weighted by atomic mass is 16.5. The van der Waals surface area contributed by atoms with E-state index < -0.39 is 5.54 Å². The number of nitrogens with two attached hydrogens (primary N) is 1. The minimum Gasteiger partial charge on any atom is -0.494 e. The van der Waals surface area contributed by atoms with Gasteiger partial charge in [-0.3, -0.25) is 0 Å². The predicted molar refractivity (Wildman–Crippen MR) is 78.1 cm³/mol. The van der Waals surface area contributed by atoms with Crippen molar-refractivity contribution in [2.75, 3.05) is 6.61 Å². The number of nitrogens with zero attached hydrogens (tertiary/aromatic N) is 1. The number of hydrogen-bond donors (Lipinski definition) is 1. The first-order valence-electron chi connectivity index (χ1n) is 6.87. The van der Waals surface area contributed by atoms with Crippen LogP contribution in [-0.4, -0.2) is 12.1 Å². The minimum absolute atomic E-state index is 0.544. The Bertz CT molecular complexity index is 415. The number of nitriles is 1. The molecule has 0 aliphatic carbocycles. The number of hydrogen-bond acceptors (Lipinski definition) is 3. The van der Waals surface area contributed by atoms with E-state index in [1.54, 1.807) is 6.92 Å². The van der Waals surface area contributed by atoms with E-state index in [9.17, 15) is 0 Å². The number of ether oxygens (including phenoxy) is 1. The van der Waals surface area contributed by atoms with E-state index in [0.29, 0.717) is 18.9 Å². The molecule has 0 aliphatic heterocycles. The summed E-state index contributed by atoms with van der Waals surface area (Å²) < 4.78 is 5.67. The lowest BCUT2D eigenvalue weighted by Crippen LogP contribution is -2.33. The molecule has 0 saturated heterocycles. The van der Waals surface area contributed by atoms with E-state index in [-0.39, 0.29) is 0 Å². The lowest BCUT2D eigenvalue weighted by Gasteiger charge is -2.14. The van der Waals surface area contributed by atoms with Gasteiger partial charge in [-0.05, 0) is 49.8 Å². The molecule has 0 saturated carbocycles. The Morgan fingerprint density at radius 2 is 1.89 bits per heavy atom. The largest absolute Gasteiger partial charge is 0.494 e. The molecule has 104 valence electrons. The van der Waals surface area contributed by atoms with Gasteiger partial charge in [0.25, 0.3) is 0 Å².